The molecule has 2 unspecified atom stereocenters. The van der Waals surface area contributed by atoms with Gasteiger partial charge in [0.15, 0.2) is 0 Å². The van der Waals surface area contributed by atoms with E-state index in [2.05, 4.69) is 9.62 Å². The molecule has 3 aliphatic heterocycles. The predicted octanol–water partition coefficient (Wildman–Crippen LogP) is 2.99. The molecule has 252 valence electrons. The van der Waals surface area contributed by atoms with Gasteiger partial charge in [-0.15, -0.1) is 0 Å². The smallest absolute Gasteiger partial charge is 0.328 e. The van der Waals surface area contributed by atoms with E-state index in [9.17, 15) is 27.9 Å². The molecular weight excluding hydrogens is 624 g/mol. The second kappa shape index (κ2) is 12.9. The summed E-state index contributed by atoms with van der Waals surface area (Å²) in [5.41, 5.74) is 4.22. The number of aliphatic hydroxyl groups is 1. The molecule has 1 aliphatic carbocycles. The Balaban J connectivity index is 1.48. The quantitative estimate of drug-likeness (QED) is 0.426. The number of nitrogens with zero attached hydrogens (tertiary/aromatic N) is 3. The fourth-order valence-electron chi connectivity index (χ4n) is 7.75. The number of hydrogen-bond acceptors (Lipinski definition) is 9. The molecule has 0 radical (unpaired) electrons. The monoisotopic (exact) mass is 666 g/mol. The fourth-order valence-corrected chi connectivity index (χ4v) is 8.28. The van der Waals surface area contributed by atoms with Gasteiger partial charge in [0.05, 0.1) is 26.4 Å². The highest BCUT2D eigenvalue weighted by Gasteiger charge is 2.47. The van der Waals surface area contributed by atoms with Crippen LogP contribution in [-0.2, 0) is 24.5 Å². The first kappa shape index (κ1) is 33.0. The molecular formula is C34H42N4O8S. The number of anilines is 1. The van der Waals surface area contributed by atoms with E-state index in [1.165, 1.54) is 32.5 Å². The summed E-state index contributed by atoms with van der Waals surface area (Å²) in [7, 11) is 1.52. The van der Waals surface area contributed by atoms with Gasteiger partial charge in [-0.3, -0.25) is 9.59 Å². The van der Waals surface area contributed by atoms with E-state index in [4.69, 9.17) is 9.47 Å². The number of carbonyl (C=O) groups excluding carboxylic acids is 3. The van der Waals surface area contributed by atoms with Gasteiger partial charge < -0.3 is 24.4 Å². The molecule has 2 fully saturated rings. The maximum atomic E-state index is 14.3. The van der Waals surface area contributed by atoms with Crippen molar-refractivity contribution in [1.82, 2.24) is 13.9 Å². The first-order valence-corrected chi connectivity index (χ1v) is 17.5. The number of fused-ring (bicyclic) bond motifs is 5. The minimum absolute atomic E-state index is 0.00368. The van der Waals surface area contributed by atoms with E-state index >= 15 is 0 Å². The van der Waals surface area contributed by atoms with Gasteiger partial charge in [-0.2, -0.15) is 12.7 Å². The lowest BCUT2D eigenvalue weighted by Gasteiger charge is -2.36. The topological polar surface area (TPSA) is 146 Å². The first-order chi connectivity index (χ1) is 22.4. The van der Waals surface area contributed by atoms with Crippen LogP contribution in [0.1, 0.15) is 77.5 Å². The fraction of sp³-hybridized carbons (Fsp3) is 0.500. The molecule has 3 heterocycles. The van der Waals surface area contributed by atoms with Crippen molar-refractivity contribution >= 4 is 39.8 Å². The first-order valence-electron chi connectivity index (χ1n) is 16.0. The zero-order chi connectivity index (χ0) is 33.6. The van der Waals surface area contributed by atoms with Gasteiger partial charge in [0, 0.05) is 56.3 Å². The Bertz CT molecular complexity index is 1720. The number of amides is 2. The molecule has 12 nitrogen and oxygen atoms in total. The van der Waals surface area contributed by atoms with Crippen molar-refractivity contribution in [3.63, 3.8) is 0 Å². The zero-order valence-electron chi connectivity index (χ0n) is 27.1. The number of methoxy groups -OCH3 is 2. The van der Waals surface area contributed by atoms with Crippen LogP contribution in [0.25, 0.3) is 6.08 Å². The summed E-state index contributed by atoms with van der Waals surface area (Å²) in [6, 6.07) is 10.1. The molecule has 2 aromatic rings. The molecule has 2 amide bonds. The van der Waals surface area contributed by atoms with Gasteiger partial charge in [-0.25, -0.2) is 9.52 Å². The molecule has 4 atom stereocenters. The Hall–Kier alpha value is -3.94. The van der Waals surface area contributed by atoms with Gasteiger partial charge in [-0.1, -0.05) is 31.4 Å². The van der Waals surface area contributed by atoms with Crippen molar-refractivity contribution in [2.45, 2.75) is 62.6 Å². The third kappa shape index (κ3) is 6.12. The number of hydrogen-bond donors (Lipinski definition) is 2. The summed E-state index contributed by atoms with van der Waals surface area (Å²) in [6.45, 7) is 0.161. The van der Waals surface area contributed by atoms with Crippen LogP contribution >= 0.6 is 0 Å². The molecule has 13 heteroatoms. The summed E-state index contributed by atoms with van der Waals surface area (Å²) >= 11 is 0. The van der Waals surface area contributed by atoms with Crippen molar-refractivity contribution in [2.75, 3.05) is 46.3 Å². The van der Waals surface area contributed by atoms with Crippen molar-refractivity contribution < 1.29 is 37.4 Å². The number of likely N-dealkylation sites (tertiary alicyclic amines) is 1. The highest BCUT2D eigenvalue weighted by atomic mass is 32.2. The van der Waals surface area contributed by atoms with Gasteiger partial charge in [0.25, 0.3) is 11.8 Å². The largest absolute Gasteiger partial charge is 0.497 e. The molecule has 0 aromatic heterocycles. The lowest BCUT2D eigenvalue weighted by atomic mass is 9.73. The van der Waals surface area contributed by atoms with Crippen LogP contribution in [0.5, 0.6) is 5.75 Å². The number of benzene rings is 2. The number of β-amino-alcohol motifs (C(OH)–C–C–N with tert-alkyl or cyclic N) is 1. The van der Waals surface area contributed by atoms with E-state index in [-0.39, 0.29) is 42.9 Å². The number of ether oxygens (including phenoxy) is 2. The lowest BCUT2D eigenvalue weighted by Crippen LogP contribution is -2.43. The maximum absolute atomic E-state index is 14.3. The van der Waals surface area contributed by atoms with E-state index in [0.717, 1.165) is 52.4 Å². The Morgan fingerprint density at radius 1 is 1.00 bits per heavy atom. The Morgan fingerprint density at radius 3 is 2.40 bits per heavy atom. The highest BCUT2D eigenvalue weighted by molar-refractivity contribution is 7.87. The SMILES string of the molecule is COC(=O)[C@@H]1C[C@@H](O)CN1C(=O)C1=Cc2cc(OC)ccc2C2C(C3CCCCC3)c3ccc(C(=O)NS(=O)(=O)N(C)C)cc3N2C1. The normalized spacial score (nSPS) is 24.2. The van der Waals surface area contributed by atoms with Crippen molar-refractivity contribution in [2.24, 2.45) is 5.92 Å². The average molecular weight is 667 g/mol. The summed E-state index contributed by atoms with van der Waals surface area (Å²) in [6.07, 6.45) is 6.59. The van der Waals surface area contributed by atoms with Crippen LogP contribution in [0, 0.1) is 5.92 Å². The molecule has 2 N–H and O–H groups in total. The van der Waals surface area contributed by atoms with E-state index in [1.54, 1.807) is 19.2 Å². The second-order valence-electron chi connectivity index (χ2n) is 13.0. The molecule has 4 aliphatic rings. The number of nitrogens with one attached hydrogen (secondary N) is 1. The number of rotatable bonds is 7. The maximum Gasteiger partial charge on any atom is 0.328 e. The van der Waals surface area contributed by atoms with Crippen LogP contribution in [0.15, 0.2) is 42.0 Å². The summed E-state index contributed by atoms with van der Waals surface area (Å²) < 4.78 is 38.6. The van der Waals surface area contributed by atoms with Gasteiger partial charge in [0.1, 0.15) is 11.8 Å². The van der Waals surface area contributed by atoms with Gasteiger partial charge >= 0.3 is 16.2 Å². The summed E-state index contributed by atoms with van der Waals surface area (Å²) in [5, 5.41) is 10.5. The van der Waals surface area contributed by atoms with Crippen molar-refractivity contribution in [3.05, 3.63) is 64.2 Å². The average Bonchev–Trinajstić information content (AvgIpc) is 3.55. The third-order valence-electron chi connectivity index (χ3n) is 10.1. The molecule has 1 saturated heterocycles. The van der Waals surface area contributed by atoms with E-state index in [0.29, 0.717) is 17.2 Å². The molecule has 0 spiro atoms. The van der Waals surface area contributed by atoms with Crippen LogP contribution in [0.2, 0.25) is 0 Å². The second-order valence-corrected chi connectivity index (χ2v) is 14.9. The van der Waals surface area contributed by atoms with E-state index in [1.807, 2.05) is 30.3 Å². The highest BCUT2D eigenvalue weighted by Crippen LogP contribution is 2.57. The Labute approximate surface area is 275 Å². The molecule has 2 aromatic carbocycles. The molecule has 1 saturated carbocycles. The van der Waals surface area contributed by atoms with Crippen LogP contribution < -0.4 is 14.4 Å². The minimum atomic E-state index is -4.02. The summed E-state index contributed by atoms with van der Waals surface area (Å²) in [4.78, 5) is 43.8. The van der Waals surface area contributed by atoms with Crippen molar-refractivity contribution in [1.29, 1.82) is 0 Å². The predicted molar refractivity (Wildman–Crippen MR) is 175 cm³/mol. The molecule has 0 bridgehead atoms. The van der Waals surface area contributed by atoms with Gasteiger partial charge in [-0.05, 0) is 65.8 Å². The number of aliphatic hydroxyl groups excluding tert-OH is 1. The minimum Gasteiger partial charge on any atom is -0.497 e. The summed E-state index contributed by atoms with van der Waals surface area (Å²) in [5.74, 6) is -0.681. The van der Waals surface area contributed by atoms with Crippen LogP contribution in [0.4, 0.5) is 5.69 Å². The van der Waals surface area contributed by atoms with E-state index < -0.39 is 34.2 Å². The van der Waals surface area contributed by atoms with Crippen LogP contribution in [-0.4, -0.2) is 94.1 Å². The van der Waals surface area contributed by atoms with Crippen LogP contribution in [0.3, 0.4) is 0 Å². The number of carbonyl (C=O) groups is 3. The lowest BCUT2D eigenvalue weighted by molar-refractivity contribution is -0.149. The third-order valence-corrected chi connectivity index (χ3v) is 11.5. The Kier molecular flexibility index (Phi) is 9.07. The molecule has 6 rings (SSSR count). The zero-order valence-corrected chi connectivity index (χ0v) is 28.0. The van der Waals surface area contributed by atoms with Crippen molar-refractivity contribution in [3.8, 4) is 5.75 Å². The Morgan fingerprint density at radius 2 is 1.72 bits per heavy atom. The molecule has 47 heavy (non-hydrogen) atoms. The standard InChI is InChI=1S/C34H42N4O8S/c1-36(2)47(43,44)35-32(40)21-10-12-27-28(16-21)37-18-23(33(41)38-19-24(39)17-29(38)34(42)46-4)14-22-15-25(45-3)11-13-26(22)31(37)30(27)20-8-6-5-7-9-20/h10-16,20,24,29-31,39H,5-9,17-19H2,1-4H3,(H,35,40)/t24-,29+,30?,31?/m1/s1. The van der Waals surface area contributed by atoms with Gasteiger partial charge in [0.2, 0.25) is 0 Å². The number of esters is 1.